The van der Waals surface area contributed by atoms with E-state index in [4.69, 9.17) is 5.11 Å². The average molecular weight is 322 g/mol. The first-order valence-electron chi connectivity index (χ1n) is 8.30. The highest BCUT2D eigenvalue weighted by atomic mass is 16.3. The standard InChI is InChI=1S/C20H34O3/c1-6-19(4,22)14-9-15-20(5,23)13-8-12-17(2)10-7-11-18(3)16-21/h6,9,11-12,15,21-23H,1,7-8,10,13-14,16H2,2-5H3/b15-9+,17-12+,18-11-/t19-,20?/m1/s1. The largest absolute Gasteiger partial charge is 0.392 e. The zero-order valence-electron chi connectivity index (χ0n) is 15.2. The van der Waals surface area contributed by atoms with Gasteiger partial charge in [-0.2, -0.15) is 0 Å². The van der Waals surface area contributed by atoms with Gasteiger partial charge in [0.15, 0.2) is 0 Å². The molecular formula is C20H34O3. The van der Waals surface area contributed by atoms with Gasteiger partial charge in [-0.05, 0) is 59.8 Å². The molecule has 0 saturated heterocycles. The molecule has 0 saturated carbocycles. The van der Waals surface area contributed by atoms with E-state index in [-0.39, 0.29) is 6.61 Å². The predicted octanol–water partition coefficient (Wildman–Crippen LogP) is 4.07. The monoisotopic (exact) mass is 322 g/mol. The summed E-state index contributed by atoms with van der Waals surface area (Å²) in [6, 6.07) is 0. The third-order valence-corrected chi connectivity index (χ3v) is 3.87. The predicted molar refractivity (Wildman–Crippen MR) is 98.3 cm³/mol. The van der Waals surface area contributed by atoms with Gasteiger partial charge in [-0.25, -0.2) is 0 Å². The first-order valence-corrected chi connectivity index (χ1v) is 8.30. The molecule has 23 heavy (non-hydrogen) atoms. The minimum atomic E-state index is -0.927. The van der Waals surface area contributed by atoms with Crippen molar-refractivity contribution in [1.29, 1.82) is 0 Å². The van der Waals surface area contributed by atoms with Crippen molar-refractivity contribution in [2.24, 2.45) is 0 Å². The van der Waals surface area contributed by atoms with Crippen LogP contribution >= 0.6 is 0 Å². The summed E-state index contributed by atoms with van der Waals surface area (Å²) in [5.41, 5.74) is 0.493. The van der Waals surface area contributed by atoms with Gasteiger partial charge in [0.05, 0.1) is 17.8 Å². The smallest absolute Gasteiger partial charge is 0.0831 e. The summed E-state index contributed by atoms with van der Waals surface area (Å²) >= 11 is 0. The van der Waals surface area contributed by atoms with E-state index in [1.807, 2.05) is 6.92 Å². The molecule has 0 aliphatic rings. The molecule has 0 fully saturated rings. The van der Waals surface area contributed by atoms with Crippen LogP contribution in [0.5, 0.6) is 0 Å². The summed E-state index contributed by atoms with van der Waals surface area (Å²) in [7, 11) is 0. The van der Waals surface area contributed by atoms with Gasteiger partial charge in [-0.15, -0.1) is 6.58 Å². The Hall–Kier alpha value is -1.16. The molecule has 3 N–H and O–H groups in total. The SMILES string of the molecule is C=C[C@@](C)(O)C/C=C/C(C)(O)CC/C=C(\C)CC/C=C(/C)CO. The van der Waals surface area contributed by atoms with E-state index in [1.54, 1.807) is 26.0 Å². The van der Waals surface area contributed by atoms with Gasteiger partial charge in [0.2, 0.25) is 0 Å². The molecule has 0 bridgehead atoms. The van der Waals surface area contributed by atoms with E-state index in [1.165, 1.54) is 11.6 Å². The number of hydrogen-bond donors (Lipinski definition) is 3. The van der Waals surface area contributed by atoms with Crippen LogP contribution in [0.1, 0.15) is 59.8 Å². The number of allylic oxidation sites excluding steroid dienone is 3. The van der Waals surface area contributed by atoms with Gasteiger partial charge < -0.3 is 15.3 Å². The zero-order valence-corrected chi connectivity index (χ0v) is 15.2. The molecule has 0 spiro atoms. The Labute approximate surface area is 141 Å². The number of hydrogen-bond acceptors (Lipinski definition) is 3. The van der Waals surface area contributed by atoms with Crippen LogP contribution in [0.15, 0.2) is 48.1 Å². The van der Waals surface area contributed by atoms with Crippen molar-refractivity contribution in [3.63, 3.8) is 0 Å². The maximum Gasteiger partial charge on any atom is 0.0831 e. The van der Waals surface area contributed by atoms with Crippen molar-refractivity contribution < 1.29 is 15.3 Å². The summed E-state index contributed by atoms with van der Waals surface area (Å²) in [4.78, 5) is 0. The minimum absolute atomic E-state index is 0.122. The molecule has 1 unspecified atom stereocenters. The fraction of sp³-hybridized carbons (Fsp3) is 0.600. The lowest BCUT2D eigenvalue weighted by Gasteiger charge is -2.20. The molecule has 0 amide bonds. The topological polar surface area (TPSA) is 60.7 Å². The molecule has 3 heteroatoms. The summed E-state index contributed by atoms with van der Waals surface area (Å²) in [6.07, 6.45) is 13.1. The van der Waals surface area contributed by atoms with Gasteiger partial charge in [0.1, 0.15) is 0 Å². The van der Waals surface area contributed by atoms with Crippen LogP contribution in [0.3, 0.4) is 0 Å². The molecule has 0 aromatic heterocycles. The van der Waals surface area contributed by atoms with E-state index >= 15 is 0 Å². The Morgan fingerprint density at radius 3 is 2.17 bits per heavy atom. The number of rotatable bonds is 11. The normalized spacial score (nSPS) is 18.7. The molecular weight excluding hydrogens is 288 g/mol. The average Bonchev–Trinajstić information content (AvgIpc) is 2.46. The Bertz CT molecular complexity index is 440. The van der Waals surface area contributed by atoms with Crippen molar-refractivity contribution in [2.75, 3.05) is 6.61 Å². The molecule has 0 rings (SSSR count). The Balaban J connectivity index is 4.24. The van der Waals surface area contributed by atoms with E-state index < -0.39 is 11.2 Å². The number of aliphatic hydroxyl groups excluding tert-OH is 1. The molecule has 0 aromatic rings. The summed E-state index contributed by atoms with van der Waals surface area (Å²) in [6.45, 7) is 11.2. The molecule has 0 aliphatic carbocycles. The van der Waals surface area contributed by atoms with E-state index in [9.17, 15) is 10.2 Å². The number of aliphatic hydroxyl groups is 3. The van der Waals surface area contributed by atoms with Gasteiger partial charge in [0.25, 0.3) is 0 Å². The molecule has 0 aliphatic heterocycles. The lowest BCUT2D eigenvalue weighted by molar-refractivity contribution is 0.0989. The van der Waals surface area contributed by atoms with Crippen LogP contribution in [-0.4, -0.2) is 33.1 Å². The van der Waals surface area contributed by atoms with Crippen molar-refractivity contribution in [1.82, 2.24) is 0 Å². The van der Waals surface area contributed by atoms with Crippen molar-refractivity contribution >= 4 is 0 Å². The summed E-state index contributed by atoms with van der Waals surface area (Å²) in [5.74, 6) is 0. The van der Waals surface area contributed by atoms with Crippen molar-refractivity contribution in [3.05, 3.63) is 48.1 Å². The van der Waals surface area contributed by atoms with Crippen molar-refractivity contribution in [2.45, 2.75) is 71.0 Å². The molecule has 0 heterocycles. The first kappa shape index (κ1) is 21.8. The van der Waals surface area contributed by atoms with Gasteiger partial charge >= 0.3 is 0 Å². The molecule has 0 aromatic carbocycles. The van der Waals surface area contributed by atoms with Gasteiger partial charge in [-0.1, -0.05) is 41.5 Å². The Morgan fingerprint density at radius 1 is 1.00 bits per heavy atom. The third kappa shape index (κ3) is 12.0. The second-order valence-electron chi connectivity index (χ2n) is 6.86. The molecule has 132 valence electrons. The van der Waals surface area contributed by atoms with Crippen LogP contribution < -0.4 is 0 Å². The highest BCUT2D eigenvalue weighted by Crippen LogP contribution is 2.18. The minimum Gasteiger partial charge on any atom is -0.392 e. The fourth-order valence-corrected chi connectivity index (χ4v) is 2.04. The first-order chi connectivity index (χ1) is 10.6. The molecule has 2 atom stereocenters. The highest BCUT2D eigenvalue weighted by Gasteiger charge is 2.17. The van der Waals surface area contributed by atoms with E-state index in [0.29, 0.717) is 12.8 Å². The van der Waals surface area contributed by atoms with Gasteiger partial charge in [0, 0.05) is 0 Å². The fourth-order valence-electron chi connectivity index (χ4n) is 2.04. The maximum atomic E-state index is 10.3. The Kier molecular flexibility index (Phi) is 10.1. The van der Waals surface area contributed by atoms with Crippen LogP contribution in [-0.2, 0) is 0 Å². The molecule has 3 nitrogen and oxygen atoms in total. The Morgan fingerprint density at radius 2 is 1.61 bits per heavy atom. The van der Waals surface area contributed by atoms with E-state index in [0.717, 1.165) is 24.8 Å². The lowest BCUT2D eigenvalue weighted by atomic mass is 9.95. The third-order valence-electron chi connectivity index (χ3n) is 3.87. The second kappa shape index (κ2) is 10.6. The van der Waals surface area contributed by atoms with Crippen LogP contribution in [0.2, 0.25) is 0 Å². The van der Waals surface area contributed by atoms with Crippen molar-refractivity contribution in [3.8, 4) is 0 Å². The maximum absolute atomic E-state index is 10.3. The van der Waals surface area contributed by atoms with Crippen LogP contribution in [0.25, 0.3) is 0 Å². The van der Waals surface area contributed by atoms with E-state index in [2.05, 4.69) is 25.7 Å². The lowest BCUT2D eigenvalue weighted by Crippen LogP contribution is -2.22. The van der Waals surface area contributed by atoms with Crippen LogP contribution in [0, 0.1) is 0 Å². The van der Waals surface area contributed by atoms with Crippen LogP contribution in [0.4, 0.5) is 0 Å². The quantitative estimate of drug-likeness (QED) is 0.503. The highest BCUT2D eigenvalue weighted by molar-refractivity contribution is 5.07. The summed E-state index contributed by atoms with van der Waals surface area (Å²) < 4.78 is 0. The second-order valence-corrected chi connectivity index (χ2v) is 6.86. The zero-order chi connectivity index (χ0) is 17.9. The summed E-state index contributed by atoms with van der Waals surface area (Å²) in [5, 5.41) is 29.1. The van der Waals surface area contributed by atoms with Gasteiger partial charge in [-0.3, -0.25) is 0 Å². The molecule has 0 radical (unpaired) electrons.